The van der Waals surface area contributed by atoms with Crippen molar-refractivity contribution in [2.24, 2.45) is 0 Å². The van der Waals surface area contributed by atoms with Gasteiger partial charge in [-0.05, 0) is 41.3 Å². The Bertz CT molecular complexity index is 444. The Labute approximate surface area is 112 Å². The molecule has 2 N–H and O–H groups in total. The van der Waals surface area contributed by atoms with Crippen LogP contribution in [-0.4, -0.2) is 18.5 Å². The summed E-state index contributed by atoms with van der Waals surface area (Å²) in [6.45, 7) is 0.643. The third kappa shape index (κ3) is 2.98. The zero-order valence-corrected chi connectivity index (χ0v) is 11.2. The number of benzene rings is 1. The Morgan fingerprint density at radius 1 is 1.33 bits per heavy atom. The summed E-state index contributed by atoms with van der Waals surface area (Å²) in [5, 5.41) is 5.59. The molecule has 0 spiro atoms. The number of amides is 1. The maximum atomic E-state index is 13.6. The minimum Gasteiger partial charge on any atom is -0.370 e. The van der Waals surface area contributed by atoms with Gasteiger partial charge in [0.15, 0.2) is 0 Å². The average Bonchev–Trinajstić information content (AvgIpc) is 2.49. The Kier molecular flexibility index (Phi) is 4.16. The fraction of sp³-hybridized carbons (Fsp3) is 0.417. The molecule has 0 aromatic heterocycles. The van der Waals surface area contributed by atoms with Gasteiger partial charge < -0.3 is 10.6 Å². The summed E-state index contributed by atoms with van der Waals surface area (Å²) in [5.74, 6) is -1.52. The molecule has 0 radical (unpaired) electrons. The van der Waals surface area contributed by atoms with Crippen LogP contribution in [0.1, 0.15) is 19.3 Å². The standard InChI is InChI=1S/C12H13BrF2N2O/c13-8-5-7(14)6-9(15)11(8)17-10-3-1-2-4-16-12(10)18/h5-6,10,17H,1-4H2,(H,16,18). The number of nitrogens with one attached hydrogen (secondary N) is 2. The van der Waals surface area contributed by atoms with Crippen molar-refractivity contribution >= 4 is 27.5 Å². The Morgan fingerprint density at radius 2 is 2.11 bits per heavy atom. The first-order valence-corrected chi connectivity index (χ1v) is 6.56. The molecule has 1 aromatic rings. The molecular weight excluding hydrogens is 306 g/mol. The molecule has 98 valence electrons. The van der Waals surface area contributed by atoms with E-state index >= 15 is 0 Å². The summed E-state index contributed by atoms with van der Waals surface area (Å²) in [7, 11) is 0. The zero-order valence-electron chi connectivity index (χ0n) is 9.60. The van der Waals surface area contributed by atoms with Crippen molar-refractivity contribution in [2.45, 2.75) is 25.3 Å². The van der Waals surface area contributed by atoms with Gasteiger partial charge in [-0.25, -0.2) is 8.78 Å². The highest BCUT2D eigenvalue weighted by atomic mass is 79.9. The summed E-state index contributed by atoms with van der Waals surface area (Å²) in [6, 6.07) is 1.48. The fourth-order valence-corrected chi connectivity index (χ4v) is 2.45. The molecule has 0 saturated carbocycles. The molecule has 0 bridgehead atoms. The Balaban J connectivity index is 2.20. The van der Waals surface area contributed by atoms with Crippen molar-refractivity contribution in [3.8, 4) is 0 Å². The van der Waals surface area contributed by atoms with Gasteiger partial charge in [-0.3, -0.25) is 4.79 Å². The van der Waals surface area contributed by atoms with Crippen LogP contribution in [0.3, 0.4) is 0 Å². The molecule has 6 heteroatoms. The number of anilines is 1. The minimum absolute atomic E-state index is 0.124. The Morgan fingerprint density at radius 3 is 2.83 bits per heavy atom. The van der Waals surface area contributed by atoms with E-state index in [0.717, 1.165) is 18.9 Å². The first kappa shape index (κ1) is 13.3. The largest absolute Gasteiger partial charge is 0.370 e. The second kappa shape index (κ2) is 5.65. The molecule has 1 aliphatic heterocycles. The van der Waals surface area contributed by atoms with Crippen LogP contribution in [0.15, 0.2) is 16.6 Å². The lowest BCUT2D eigenvalue weighted by Gasteiger charge is -2.18. The van der Waals surface area contributed by atoms with Gasteiger partial charge in [0.1, 0.15) is 17.7 Å². The van der Waals surface area contributed by atoms with E-state index in [-0.39, 0.29) is 16.1 Å². The monoisotopic (exact) mass is 318 g/mol. The molecule has 2 rings (SSSR count). The molecule has 1 amide bonds. The fourth-order valence-electron chi connectivity index (χ4n) is 1.93. The molecule has 1 unspecified atom stereocenters. The van der Waals surface area contributed by atoms with Crippen LogP contribution in [0.5, 0.6) is 0 Å². The number of hydrogen-bond acceptors (Lipinski definition) is 2. The molecule has 3 nitrogen and oxygen atoms in total. The molecule has 1 atom stereocenters. The molecule has 1 fully saturated rings. The summed E-state index contributed by atoms with van der Waals surface area (Å²) >= 11 is 3.09. The quantitative estimate of drug-likeness (QED) is 0.880. The van der Waals surface area contributed by atoms with Crippen molar-refractivity contribution in [3.63, 3.8) is 0 Å². The molecule has 18 heavy (non-hydrogen) atoms. The van der Waals surface area contributed by atoms with Crippen LogP contribution in [0.25, 0.3) is 0 Å². The van der Waals surface area contributed by atoms with Gasteiger partial charge in [-0.15, -0.1) is 0 Å². The van der Waals surface area contributed by atoms with Crippen LogP contribution in [0.2, 0.25) is 0 Å². The summed E-state index contributed by atoms with van der Waals surface area (Å²) < 4.78 is 26.9. The summed E-state index contributed by atoms with van der Waals surface area (Å²) in [6.07, 6.45) is 2.43. The molecule has 1 aliphatic rings. The van der Waals surface area contributed by atoms with Crippen molar-refractivity contribution in [1.29, 1.82) is 0 Å². The molecule has 0 aliphatic carbocycles. The van der Waals surface area contributed by atoms with Gasteiger partial charge in [-0.2, -0.15) is 0 Å². The van der Waals surface area contributed by atoms with Crippen LogP contribution >= 0.6 is 15.9 Å². The van der Waals surface area contributed by atoms with Gasteiger partial charge >= 0.3 is 0 Å². The van der Waals surface area contributed by atoms with Gasteiger partial charge in [0.25, 0.3) is 0 Å². The van der Waals surface area contributed by atoms with Gasteiger partial charge in [-0.1, -0.05) is 0 Å². The number of carbonyl (C=O) groups excluding carboxylic acids is 1. The lowest BCUT2D eigenvalue weighted by molar-refractivity contribution is -0.121. The molecule has 1 saturated heterocycles. The van der Waals surface area contributed by atoms with Crippen LogP contribution in [0, 0.1) is 11.6 Å². The number of rotatable bonds is 2. The van der Waals surface area contributed by atoms with E-state index in [1.54, 1.807) is 0 Å². The van der Waals surface area contributed by atoms with Crippen molar-refractivity contribution in [3.05, 3.63) is 28.2 Å². The summed E-state index contributed by atoms with van der Waals surface area (Å²) in [4.78, 5) is 11.7. The third-order valence-electron chi connectivity index (χ3n) is 2.86. The van der Waals surface area contributed by atoms with Crippen molar-refractivity contribution < 1.29 is 13.6 Å². The summed E-state index contributed by atoms with van der Waals surface area (Å²) in [5.41, 5.74) is 0.124. The lowest BCUT2D eigenvalue weighted by atomic mass is 10.1. The molecular formula is C12H13BrF2N2O. The highest BCUT2D eigenvalue weighted by Gasteiger charge is 2.22. The highest BCUT2D eigenvalue weighted by molar-refractivity contribution is 9.10. The van der Waals surface area contributed by atoms with E-state index in [1.807, 2.05) is 0 Å². The molecule has 1 heterocycles. The van der Waals surface area contributed by atoms with E-state index in [2.05, 4.69) is 26.6 Å². The van der Waals surface area contributed by atoms with E-state index in [9.17, 15) is 13.6 Å². The van der Waals surface area contributed by atoms with Crippen molar-refractivity contribution in [2.75, 3.05) is 11.9 Å². The minimum atomic E-state index is -0.709. The number of carbonyl (C=O) groups is 1. The predicted octanol–water partition coefficient (Wildman–Crippen LogP) is 2.81. The topological polar surface area (TPSA) is 41.1 Å². The van der Waals surface area contributed by atoms with E-state index in [1.165, 1.54) is 6.07 Å². The van der Waals surface area contributed by atoms with Crippen molar-refractivity contribution in [1.82, 2.24) is 5.32 Å². The Hall–Kier alpha value is -1.17. The number of halogens is 3. The lowest BCUT2D eigenvalue weighted by Crippen LogP contribution is -2.38. The van der Waals surface area contributed by atoms with Crippen LogP contribution in [0.4, 0.5) is 14.5 Å². The first-order valence-electron chi connectivity index (χ1n) is 5.76. The van der Waals surface area contributed by atoms with E-state index < -0.39 is 17.7 Å². The number of hydrogen-bond donors (Lipinski definition) is 2. The van der Waals surface area contributed by atoms with Gasteiger partial charge in [0, 0.05) is 17.1 Å². The van der Waals surface area contributed by atoms with Gasteiger partial charge in [0.05, 0.1) is 5.69 Å². The maximum absolute atomic E-state index is 13.6. The normalized spacial score (nSPS) is 20.2. The average molecular weight is 319 g/mol. The molecule has 1 aromatic carbocycles. The smallest absolute Gasteiger partial charge is 0.242 e. The second-order valence-corrected chi connectivity index (χ2v) is 5.08. The zero-order chi connectivity index (χ0) is 13.1. The third-order valence-corrected chi connectivity index (χ3v) is 3.49. The van der Waals surface area contributed by atoms with E-state index in [0.29, 0.717) is 13.0 Å². The maximum Gasteiger partial charge on any atom is 0.242 e. The van der Waals surface area contributed by atoms with Gasteiger partial charge in [0.2, 0.25) is 5.91 Å². The predicted molar refractivity (Wildman–Crippen MR) is 68.3 cm³/mol. The SMILES string of the molecule is O=C1NCCCCC1Nc1c(F)cc(F)cc1Br. The van der Waals surface area contributed by atoms with Crippen LogP contribution in [-0.2, 0) is 4.79 Å². The van der Waals surface area contributed by atoms with E-state index in [4.69, 9.17) is 0 Å². The highest BCUT2D eigenvalue weighted by Crippen LogP contribution is 2.28. The van der Waals surface area contributed by atoms with Crippen LogP contribution < -0.4 is 10.6 Å². The first-order chi connectivity index (χ1) is 8.58. The second-order valence-electron chi connectivity index (χ2n) is 4.23.